The van der Waals surface area contributed by atoms with Crippen molar-refractivity contribution < 1.29 is 0 Å². The van der Waals surface area contributed by atoms with Gasteiger partial charge in [0.15, 0.2) is 5.84 Å². The number of allylic oxidation sites excluding steroid dienone is 4. The molecule has 0 bridgehead atoms. The molecule has 1 aliphatic heterocycles. The van der Waals surface area contributed by atoms with Crippen LogP contribution in [-0.2, 0) is 0 Å². The minimum Gasteiger partial charge on any atom is -0.354 e. The first-order valence-electron chi connectivity index (χ1n) is 17.9. The number of hydrogen-bond acceptors (Lipinski definition) is 3. The van der Waals surface area contributed by atoms with Crippen LogP contribution in [0.3, 0.4) is 0 Å². The predicted octanol–water partition coefficient (Wildman–Crippen LogP) is 11.2. The van der Waals surface area contributed by atoms with E-state index in [0.29, 0.717) is 11.5 Å². The fourth-order valence-corrected chi connectivity index (χ4v) is 6.73. The highest BCUT2D eigenvalue weighted by atomic mass is 14.9. The summed E-state index contributed by atoms with van der Waals surface area (Å²) in [6, 6.07) is 45.5. The van der Waals surface area contributed by atoms with E-state index >= 15 is 0 Å². The Labute approximate surface area is 307 Å². The van der Waals surface area contributed by atoms with Crippen LogP contribution < -0.4 is 11.1 Å². The Morgan fingerprint density at radius 1 is 0.712 bits per heavy atom. The third kappa shape index (κ3) is 7.63. The molecule has 0 fully saturated rings. The lowest BCUT2D eigenvalue weighted by molar-refractivity contribution is 0.927. The van der Waals surface area contributed by atoms with Gasteiger partial charge in [0.2, 0.25) is 0 Å². The second kappa shape index (κ2) is 15.4. The number of nitrogens with zero attached hydrogens (tertiary/aromatic N) is 2. The first-order valence-corrected chi connectivity index (χ1v) is 17.9. The second-order valence-electron chi connectivity index (χ2n) is 13.5. The Morgan fingerprint density at radius 3 is 2.13 bits per heavy atom. The zero-order chi connectivity index (χ0) is 36.0. The zero-order valence-corrected chi connectivity index (χ0v) is 30.1. The van der Waals surface area contributed by atoms with E-state index in [4.69, 9.17) is 15.7 Å². The number of hydrogen-bond donors (Lipinski definition) is 2. The number of aryl methyl sites for hydroxylation is 1. The number of benzene rings is 5. The fourth-order valence-electron chi connectivity index (χ4n) is 6.73. The van der Waals surface area contributed by atoms with Crippen LogP contribution in [0.25, 0.3) is 28.7 Å². The summed E-state index contributed by atoms with van der Waals surface area (Å²) in [5, 5.41) is 3.82. The monoisotopic (exact) mass is 676 g/mol. The van der Waals surface area contributed by atoms with Crippen molar-refractivity contribution in [1.29, 1.82) is 0 Å². The normalized spacial score (nSPS) is 16.1. The molecule has 7 rings (SSSR count). The molecule has 3 N–H and O–H groups in total. The summed E-state index contributed by atoms with van der Waals surface area (Å²) in [5.74, 6) is 0.605. The maximum atomic E-state index is 7.42. The Bertz CT molecular complexity index is 2300. The molecule has 1 heterocycles. The minimum absolute atomic E-state index is 0.478. The summed E-state index contributed by atoms with van der Waals surface area (Å²) in [6.07, 6.45) is 8.57. The molecule has 2 aliphatic rings. The van der Waals surface area contributed by atoms with Crippen molar-refractivity contribution in [3.05, 3.63) is 208 Å². The van der Waals surface area contributed by atoms with Crippen molar-refractivity contribution in [3.63, 3.8) is 0 Å². The van der Waals surface area contributed by atoms with Crippen LogP contribution in [-0.4, -0.2) is 11.5 Å². The van der Waals surface area contributed by atoms with E-state index in [1.807, 2.05) is 12.1 Å². The minimum atomic E-state index is -0.478. The average Bonchev–Trinajstić information content (AvgIpc) is 3.19. The van der Waals surface area contributed by atoms with E-state index in [1.165, 1.54) is 16.7 Å². The van der Waals surface area contributed by atoms with Crippen molar-refractivity contribution >= 4 is 40.3 Å². The lowest BCUT2D eigenvalue weighted by Gasteiger charge is -2.28. The first-order chi connectivity index (χ1) is 25.3. The molecule has 4 nitrogen and oxygen atoms in total. The van der Waals surface area contributed by atoms with Crippen LogP contribution in [0.1, 0.15) is 77.2 Å². The Balaban J connectivity index is 1.35. The molecule has 0 amide bonds. The topological polar surface area (TPSA) is 62.8 Å². The molecule has 1 unspecified atom stereocenters. The van der Waals surface area contributed by atoms with Crippen LogP contribution in [0.4, 0.5) is 0 Å². The van der Waals surface area contributed by atoms with Crippen LogP contribution in [0.5, 0.6) is 0 Å². The van der Waals surface area contributed by atoms with Crippen LogP contribution in [0, 0.1) is 6.92 Å². The summed E-state index contributed by atoms with van der Waals surface area (Å²) in [5.41, 5.74) is 23.0. The molecule has 0 saturated carbocycles. The molecular weight excluding hydrogens is 633 g/mol. The molecule has 1 aliphatic carbocycles. The number of nitrogens with one attached hydrogen (secondary N) is 1. The average molecular weight is 677 g/mol. The molecule has 5 aromatic carbocycles. The van der Waals surface area contributed by atoms with E-state index < -0.39 is 6.04 Å². The molecule has 1 atom stereocenters. The van der Waals surface area contributed by atoms with Gasteiger partial charge in [-0.25, -0.2) is 9.98 Å². The van der Waals surface area contributed by atoms with Crippen molar-refractivity contribution in [1.82, 2.24) is 5.32 Å². The third-order valence-corrected chi connectivity index (χ3v) is 9.77. The summed E-state index contributed by atoms with van der Waals surface area (Å²) in [4.78, 5) is 10.3. The van der Waals surface area contributed by atoms with E-state index in [9.17, 15) is 0 Å². The van der Waals surface area contributed by atoms with Crippen molar-refractivity contribution in [2.75, 3.05) is 0 Å². The molecule has 4 heteroatoms. The van der Waals surface area contributed by atoms with Crippen molar-refractivity contribution in [3.8, 4) is 0 Å². The number of nitrogens with two attached hydrogens (primary N) is 1. The highest BCUT2D eigenvalue weighted by Gasteiger charge is 2.25. The highest BCUT2D eigenvalue weighted by Crippen LogP contribution is 2.39. The van der Waals surface area contributed by atoms with Crippen molar-refractivity contribution in [2.24, 2.45) is 15.7 Å². The highest BCUT2D eigenvalue weighted by molar-refractivity contribution is 6.13. The van der Waals surface area contributed by atoms with Gasteiger partial charge >= 0.3 is 0 Å². The number of fused-ring (bicyclic) bond motifs is 1. The molecule has 0 spiro atoms. The molecule has 0 aromatic heterocycles. The SMILES string of the molecule is C=C(N=C(N=C(C)C1=CC=C(C)CC1)c1cccc(C(N)/C(=C2\NC(c3ccccc3)=Cc3ccccc32)c2ccccc2)c1)c1ccc(C)cc1. The number of amidine groups is 1. The largest absolute Gasteiger partial charge is 0.354 e. The molecule has 5 aromatic rings. The molecule has 256 valence electrons. The maximum Gasteiger partial charge on any atom is 0.160 e. The van der Waals surface area contributed by atoms with E-state index in [0.717, 1.165) is 74.5 Å². The van der Waals surface area contributed by atoms with Gasteiger partial charge in [0.25, 0.3) is 0 Å². The quantitative estimate of drug-likeness (QED) is 0.127. The Hall–Kier alpha value is -6.10. The van der Waals surface area contributed by atoms with E-state index in [1.54, 1.807) is 0 Å². The summed E-state index contributed by atoms with van der Waals surface area (Å²) in [6.45, 7) is 10.7. The van der Waals surface area contributed by atoms with E-state index in [2.05, 4.69) is 172 Å². The second-order valence-corrected chi connectivity index (χ2v) is 13.5. The van der Waals surface area contributed by atoms with Gasteiger partial charge in [0, 0.05) is 28.1 Å². The smallest absolute Gasteiger partial charge is 0.160 e. The summed E-state index contributed by atoms with van der Waals surface area (Å²) < 4.78 is 0. The third-order valence-electron chi connectivity index (χ3n) is 9.77. The predicted molar refractivity (Wildman–Crippen MR) is 221 cm³/mol. The van der Waals surface area contributed by atoms with Gasteiger partial charge in [-0.2, -0.15) is 0 Å². The number of rotatable bonds is 8. The molecule has 52 heavy (non-hydrogen) atoms. The lowest BCUT2D eigenvalue weighted by atomic mass is 9.86. The maximum absolute atomic E-state index is 7.42. The Kier molecular flexibility index (Phi) is 10.2. The summed E-state index contributed by atoms with van der Waals surface area (Å²) >= 11 is 0. The summed E-state index contributed by atoms with van der Waals surface area (Å²) in [7, 11) is 0. The lowest BCUT2D eigenvalue weighted by Crippen LogP contribution is -2.22. The van der Waals surface area contributed by atoms with E-state index in [-0.39, 0.29) is 0 Å². The molecule has 0 saturated heterocycles. The zero-order valence-electron chi connectivity index (χ0n) is 30.1. The first kappa shape index (κ1) is 34.4. The van der Waals surface area contributed by atoms with Gasteiger partial charge in [-0.05, 0) is 79.1 Å². The van der Waals surface area contributed by atoms with Gasteiger partial charge in [0.1, 0.15) is 0 Å². The molecule has 0 radical (unpaired) electrons. The van der Waals surface area contributed by atoms with Gasteiger partial charge < -0.3 is 11.1 Å². The van der Waals surface area contributed by atoms with Crippen LogP contribution in [0.15, 0.2) is 173 Å². The van der Waals surface area contributed by atoms with Gasteiger partial charge in [0.05, 0.1) is 17.4 Å². The van der Waals surface area contributed by atoms with Crippen LogP contribution >= 0.6 is 0 Å². The van der Waals surface area contributed by atoms with Crippen LogP contribution in [0.2, 0.25) is 0 Å². The van der Waals surface area contributed by atoms with Crippen molar-refractivity contribution in [2.45, 2.75) is 39.7 Å². The van der Waals surface area contributed by atoms with Gasteiger partial charge in [-0.15, -0.1) is 0 Å². The standard InChI is InChI=1S/C48H44N4/c1-32-22-26-36(27-23-32)34(3)50-48(51-35(4)37-28-24-33(2)25-29-37)42-20-13-19-41(30-42)46(49)45(39-16-9-6-10-17-39)47-43-21-12-11-18-40(43)31-44(52-47)38-14-7-5-8-15-38/h5-24,26-28,30-31,46,52H,3,25,29,49H2,1-2,4H3/b47-45-,50-48?,51-35?. The van der Waals surface area contributed by atoms with Gasteiger partial charge in [-0.3, -0.25) is 0 Å². The van der Waals surface area contributed by atoms with Gasteiger partial charge in [-0.1, -0.05) is 157 Å². The Morgan fingerprint density at radius 2 is 1.40 bits per heavy atom. The fraction of sp³-hybridized carbons (Fsp3) is 0.125. The number of aliphatic imine (C=N–C) groups is 2. The molecular formula is C48H44N4.